The van der Waals surface area contributed by atoms with Crippen LogP contribution in [0.4, 0.5) is 24.5 Å². The van der Waals surface area contributed by atoms with Crippen LogP contribution in [0.2, 0.25) is 0 Å². The fourth-order valence-corrected chi connectivity index (χ4v) is 2.28. The van der Waals surface area contributed by atoms with Gasteiger partial charge in [-0.1, -0.05) is 0 Å². The van der Waals surface area contributed by atoms with E-state index in [9.17, 15) is 41.1 Å². The van der Waals surface area contributed by atoms with Crippen LogP contribution >= 0.6 is 0 Å². The SMILES string of the molecule is O=C(Nc1ccc(NS(=O)(=O)C(F)(F)F)cc1)c1c(O)[nH]c(=O)[nH]c1=O. The fraction of sp³-hybridized carbons (Fsp3) is 0.0833. The van der Waals surface area contributed by atoms with Gasteiger partial charge in [-0.15, -0.1) is 0 Å². The first kappa shape index (κ1) is 19.0. The van der Waals surface area contributed by atoms with E-state index in [1.807, 2.05) is 0 Å². The van der Waals surface area contributed by atoms with Gasteiger partial charge in [0.25, 0.3) is 11.5 Å². The van der Waals surface area contributed by atoms with Gasteiger partial charge in [-0.3, -0.25) is 24.3 Å². The molecule has 0 spiro atoms. The number of anilines is 2. The zero-order valence-electron chi connectivity index (χ0n) is 12.3. The predicted octanol–water partition coefficient (Wildman–Crippen LogP) is 0.283. The number of aromatic hydroxyl groups is 1. The molecule has 0 aliphatic rings. The van der Waals surface area contributed by atoms with Gasteiger partial charge in [-0.25, -0.2) is 4.79 Å². The largest absolute Gasteiger partial charge is 0.516 e. The van der Waals surface area contributed by atoms with Crippen molar-refractivity contribution in [3.63, 3.8) is 0 Å². The maximum absolute atomic E-state index is 12.3. The lowest BCUT2D eigenvalue weighted by Gasteiger charge is -2.11. The number of nitrogens with one attached hydrogen (secondary N) is 4. The Kier molecular flexibility index (Phi) is 4.80. The minimum absolute atomic E-state index is 0.0324. The highest BCUT2D eigenvalue weighted by atomic mass is 32.2. The highest BCUT2D eigenvalue weighted by molar-refractivity contribution is 7.93. The average Bonchev–Trinajstić information content (AvgIpc) is 2.46. The van der Waals surface area contributed by atoms with E-state index in [2.05, 4.69) is 5.32 Å². The Morgan fingerprint density at radius 3 is 2.08 bits per heavy atom. The predicted molar refractivity (Wildman–Crippen MR) is 82.3 cm³/mol. The molecule has 26 heavy (non-hydrogen) atoms. The number of amides is 1. The maximum Gasteiger partial charge on any atom is 0.516 e. The number of aromatic nitrogens is 2. The van der Waals surface area contributed by atoms with Crippen molar-refractivity contribution in [3.8, 4) is 5.88 Å². The summed E-state index contributed by atoms with van der Waals surface area (Å²) in [4.78, 5) is 37.9. The van der Waals surface area contributed by atoms with Gasteiger partial charge in [-0.05, 0) is 24.3 Å². The Labute approximate surface area is 141 Å². The molecule has 0 aliphatic carbocycles. The molecule has 0 atom stereocenters. The fourth-order valence-electron chi connectivity index (χ4n) is 1.71. The van der Waals surface area contributed by atoms with Crippen molar-refractivity contribution < 1.29 is 31.5 Å². The van der Waals surface area contributed by atoms with Crippen molar-refractivity contribution in [2.75, 3.05) is 10.0 Å². The summed E-state index contributed by atoms with van der Waals surface area (Å²) in [5.41, 5.74) is -8.96. The van der Waals surface area contributed by atoms with E-state index in [0.717, 1.165) is 24.3 Å². The van der Waals surface area contributed by atoms with Crippen LogP contribution in [0.5, 0.6) is 5.88 Å². The number of hydrogen-bond acceptors (Lipinski definition) is 6. The molecule has 0 saturated heterocycles. The second-order valence-electron chi connectivity index (χ2n) is 4.71. The maximum atomic E-state index is 12.3. The lowest BCUT2D eigenvalue weighted by atomic mass is 10.2. The molecule has 10 nitrogen and oxygen atoms in total. The van der Waals surface area contributed by atoms with Crippen LogP contribution < -0.4 is 21.3 Å². The van der Waals surface area contributed by atoms with Crippen molar-refractivity contribution >= 4 is 27.3 Å². The molecular weight excluding hydrogens is 385 g/mol. The Bertz CT molecular complexity index is 1060. The van der Waals surface area contributed by atoms with E-state index in [4.69, 9.17) is 0 Å². The van der Waals surface area contributed by atoms with Crippen LogP contribution in [0.25, 0.3) is 0 Å². The summed E-state index contributed by atoms with van der Waals surface area (Å²) < 4.78 is 60.1. The Hall–Kier alpha value is -3.29. The standard InChI is InChI=1S/C12H9F3N4O6S/c13-12(14,15)26(24,25)19-6-3-1-5(2-4-6)16-8(20)7-9(21)17-11(23)18-10(7)22/h1-4,19H,(H,16,20)(H3,17,18,21,22,23). The lowest BCUT2D eigenvalue weighted by Crippen LogP contribution is -2.30. The van der Waals surface area contributed by atoms with Crippen LogP contribution in [-0.2, 0) is 10.0 Å². The second-order valence-corrected chi connectivity index (χ2v) is 6.39. The van der Waals surface area contributed by atoms with Crippen LogP contribution in [0.15, 0.2) is 33.9 Å². The van der Waals surface area contributed by atoms with E-state index in [1.54, 1.807) is 9.97 Å². The third-order valence-corrected chi connectivity index (χ3v) is 3.96. The number of halogens is 3. The number of sulfonamides is 1. The van der Waals surface area contributed by atoms with Crippen LogP contribution in [0.3, 0.4) is 0 Å². The van der Waals surface area contributed by atoms with Crippen LogP contribution in [0.1, 0.15) is 10.4 Å². The summed E-state index contributed by atoms with van der Waals surface area (Å²) in [6, 6.07) is 3.94. The van der Waals surface area contributed by atoms with Gasteiger partial charge in [0.2, 0.25) is 5.88 Å². The van der Waals surface area contributed by atoms with E-state index >= 15 is 0 Å². The molecule has 1 amide bonds. The number of aromatic amines is 2. The molecule has 1 aromatic carbocycles. The number of hydrogen-bond donors (Lipinski definition) is 5. The Morgan fingerprint density at radius 1 is 1.04 bits per heavy atom. The third-order valence-electron chi connectivity index (χ3n) is 2.85. The zero-order valence-corrected chi connectivity index (χ0v) is 13.2. The topological polar surface area (TPSA) is 161 Å². The lowest BCUT2D eigenvalue weighted by molar-refractivity contribution is -0.0429. The second kappa shape index (κ2) is 6.55. The summed E-state index contributed by atoms with van der Waals surface area (Å²) in [5, 5.41) is 11.6. The van der Waals surface area contributed by atoms with E-state index < -0.39 is 49.8 Å². The molecular formula is C12H9F3N4O6S. The monoisotopic (exact) mass is 394 g/mol. The van der Waals surface area contributed by atoms with Gasteiger partial charge in [0.05, 0.1) is 0 Å². The molecule has 1 heterocycles. The molecule has 0 fully saturated rings. The Balaban J connectivity index is 2.19. The summed E-state index contributed by atoms with van der Waals surface area (Å²) >= 11 is 0. The molecule has 2 aromatic rings. The Morgan fingerprint density at radius 2 is 1.58 bits per heavy atom. The minimum Gasteiger partial charge on any atom is -0.494 e. The first-order chi connectivity index (χ1) is 11.9. The van der Waals surface area contributed by atoms with Crippen molar-refractivity contribution in [1.29, 1.82) is 0 Å². The van der Waals surface area contributed by atoms with Gasteiger partial charge >= 0.3 is 21.2 Å². The van der Waals surface area contributed by atoms with Gasteiger partial charge in [0.1, 0.15) is 0 Å². The number of carbonyl (C=O) groups is 1. The number of alkyl halides is 3. The molecule has 0 aliphatic heterocycles. The van der Waals surface area contributed by atoms with Crippen molar-refractivity contribution in [2.45, 2.75) is 5.51 Å². The van der Waals surface area contributed by atoms with Gasteiger partial charge in [-0.2, -0.15) is 21.6 Å². The quantitative estimate of drug-likeness (QED) is 0.500. The van der Waals surface area contributed by atoms with Gasteiger partial charge < -0.3 is 10.4 Å². The molecule has 2 rings (SSSR count). The van der Waals surface area contributed by atoms with Crippen molar-refractivity contribution in [3.05, 3.63) is 50.7 Å². The summed E-state index contributed by atoms with van der Waals surface area (Å²) in [6.07, 6.45) is 0. The van der Waals surface area contributed by atoms with Gasteiger partial charge in [0, 0.05) is 11.4 Å². The summed E-state index contributed by atoms with van der Waals surface area (Å²) in [6.45, 7) is 0. The van der Waals surface area contributed by atoms with Gasteiger partial charge in [0.15, 0.2) is 5.56 Å². The number of rotatable bonds is 4. The molecule has 0 bridgehead atoms. The van der Waals surface area contributed by atoms with Crippen LogP contribution in [0, 0.1) is 0 Å². The summed E-state index contributed by atoms with van der Waals surface area (Å²) in [5.74, 6) is -2.10. The highest BCUT2D eigenvalue weighted by Crippen LogP contribution is 2.26. The summed E-state index contributed by atoms with van der Waals surface area (Å²) in [7, 11) is -5.59. The van der Waals surface area contributed by atoms with Crippen molar-refractivity contribution in [1.82, 2.24) is 9.97 Å². The molecule has 14 heteroatoms. The number of carbonyl (C=O) groups excluding carboxylic acids is 1. The molecule has 1 aromatic heterocycles. The smallest absolute Gasteiger partial charge is 0.494 e. The van der Waals surface area contributed by atoms with Crippen molar-refractivity contribution in [2.24, 2.45) is 0 Å². The molecule has 0 saturated carbocycles. The average molecular weight is 394 g/mol. The third kappa shape index (κ3) is 4.02. The number of H-pyrrole nitrogens is 2. The first-order valence-electron chi connectivity index (χ1n) is 6.47. The van der Waals surface area contributed by atoms with Crippen LogP contribution in [-0.4, -0.2) is 34.9 Å². The highest BCUT2D eigenvalue weighted by Gasteiger charge is 2.46. The number of benzene rings is 1. The van der Waals surface area contributed by atoms with E-state index in [1.165, 1.54) is 4.72 Å². The molecule has 140 valence electrons. The minimum atomic E-state index is -5.59. The molecule has 0 radical (unpaired) electrons. The molecule has 0 unspecified atom stereocenters. The zero-order chi connectivity index (χ0) is 19.7. The van der Waals surface area contributed by atoms with E-state index in [-0.39, 0.29) is 5.69 Å². The molecule has 5 N–H and O–H groups in total. The van der Waals surface area contributed by atoms with E-state index in [0.29, 0.717) is 0 Å². The normalized spacial score (nSPS) is 11.8. The first-order valence-corrected chi connectivity index (χ1v) is 7.95.